The standard InChI is InChI=1S/C12H21NOS/c1-3-4-5-7-14-12(10(2)13)11-6-8-15-9-11/h6,8-10,12H,3-5,7,13H2,1-2H3. The molecule has 2 nitrogen and oxygen atoms in total. The lowest BCUT2D eigenvalue weighted by Crippen LogP contribution is -2.27. The Morgan fingerprint density at radius 3 is 2.80 bits per heavy atom. The largest absolute Gasteiger partial charge is 0.372 e. The van der Waals surface area contributed by atoms with Gasteiger partial charge in [-0.25, -0.2) is 0 Å². The summed E-state index contributed by atoms with van der Waals surface area (Å²) in [6, 6.07) is 2.15. The van der Waals surface area contributed by atoms with Gasteiger partial charge in [0.05, 0.1) is 6.10 Å². The van der Waals surface area contributed by atoms with E-state index in [1.54, 1.807) is 11.3 Å². The number of hydrogen-bond acceptors (Lipinski definition) is 3. The smallest absolute Gasteiger partial charge is 0.0980 e. The number of rotatable bonds is 7. The SMILES string of the molecule is CCCCCOC(c1ccsc1)C(C)N. The number of hydrogen-bond donors (Lipinski definition) is 1. The van der Waals surface area contributed by atoms with E-state index in [1.807, 2.05) is 6.92 Å². The molecule has 3 heteroatoms. The minimum absolute atomic E-state index is 0.0567. The normalized spacial score (nSPS) is 15.1. The Bertz CT molecular complexity index is 246. The van der Waals surface area contributed by atoms with E-state index >= 15 is 0 Å². The van der Waals surface area contributed by atoms with E-state index in [0.717, 1.165) is 13.0 Å². The summed E-state index contributed by atoms with van der Waals surface area (Å²) in [5.74, 6) is 0. The molecule has 2 unspecified atom stereocenters. The van der Waals surface area contributed by atoms with Crippen LogP contribution in [0.15, 0.2) is 16.8 Å². The molecule has 0 spiro atoms. The summed E-state index contributed by atoms with van der Waals surface area (Å²) in [7, 11) is 0. The number of thiophene rings is 1. The highest BCUT2D eigenvalue weighted by molar-refractivity contribution is 7.07. The van der Waals surface area contributed by atoms with Crippen molar-refractivity contribution >= 4 is 11.3 Å². The van der Waals surface area contributed by atoms with Gasteiger partial charge in [-0.3, -0.25) is 0 Å². The van der Waals surface area contributed by atoms with Gasteiger partial charge in [0.25, 0.3) is 0 Å². The van der Waals surface area contributed by atoms with Crippen molar-refractivity contribution in [2.75, 3.05) is 6.61 Å². The maximum atomic E-state index is 5.92. The minimum Gasteiger partial charge on any atom is -0.372 e. The van der Waals surface area contributed by atoms with Crippen molar-refractivity contribution in [3.63, 3.8) is 0 Å². The van der Waals surface area contributed by atoms with Crippen LogP contribution in [0, 0.1) is 0 Å². The average molecular weight is 227 g/mol. The molecule has 1 aromatic rings. The van der Waals surface area contributed by atoms with E-state index < -0.39 is 0 Å². The highest BCUT2D eigenvalue weighted by atomic mass is 32.1. The molecule has 1 rings (SSSR count). The highest BCUT2D eigenvalue weighted by Crippen LogP contribution is 2.22. The van der Waals surface area contributed by atoms with Crippen LogP contribution in [0.3, 0.4) is 0 Å². The Balaban J connectivity index is 2.39. The van der Waals surface area contributed by atoms with E-state index in [1.165, 1.54) is 18.4 Å². The molecule has 2 N–H and O–H groups in total. The fraction of sp³-hybridized carbons (Fsp3) is 0.667. The quantitative estimate of drug-likeness (QED) is 0.725. The zero-order valence-electron chi connectivity index (χ0n) is 9.61. The van der Waals surface area contributed by atoms with Crippen LogP contribution >= 0.6 is 11.3 Å². The molecule has 0 saturated heterocycles. The van der Waals surface area contributed by atoms with E-state index in [-0.39, 0.29) is 12.1 Å². The van der Waals surface area contributed by atoms with Crippen LogP contribution in [0.1, 0.15) is 44.8 Å². The zero-order valence-corrected chi connectivity index (χ0v) is 10.4. The Hall–Kier alpha value is -0.380. The summed E-state index contributed by atoms with van der Waals surface area (Å²) in [4.78, 5) is 0. The maximum absolute atomic E-state index is 5.92. The molecule has 0 saturated carbocycles. The molecule has 0 aliphatic heterocycles. The first kappa shape index (κ1) is 12.7. The van der Waals surface area contributed by atoms with E-state index in [9.17, 15) is 0 Å². The van der Waals surface area contributed by atoms with Gasteiger partial charge < -0.3 is 10.5 Å². The first-order valence-corrected chi connectivity index (χ1v) is 6.59. The van der Waals surface area contributed by atoms with Crippen molar-refractivity contribution < 1.29 is 4.74 Å². The van der Waals surface area contributed by atoms with Crippen molar-refractivity contribution in [1.29, 1.82) is 0 Å². The van der Waals surface area contributed by atoms with Gasteiger partial charge in [0.1, 0.15) is 0 Å². The van der Waals surface area contributed by atoms with Crippen LogP contribution in [-0.4, -0.2) is 12.6 Å². The van der Waals surface area contributed by atoms with E-state index in [0.29, 0.717) is 0 Å². The topological polar surface area (TPSA) is 35.2 Å². The van der Waals surface area contributed by atoms with Crippen molar-refractivity contribution in [2.45, 2.75) is 45.3 Å². The molecule has 2 atom stereocenters. The Morgan fingerprint density at radius 2 is 2.27 bits per heavy atom. The van der Waals surface area contributed by atoms with Crippen LogP contribution in [0.4, 0.5) is 0 Å². The third-order valence-corrected chi connectivity index (χ3v) is 3.10. The van der Waals surface area contributed by atoms with E-state index in [4.69, 9.17) is 10.5 Å². The molecule has 86 valence electrons. The monoisotopic (exact) mass is 227 g/mol. The van der Waals surface area contributed by atoms with E-state index in [2.05, 4.69) is 23.8 Å². The zero-order chi connectivity index (χ0) is 11.1. The van der Waals surface area contributed by atoms with Crippen LogP contribution in [0.25, 0.3) is 0 Å². The van der Waals surface area contributed by atoms with Gasteiger partial charge in [0.2, 0.25) is 0 Å². The summed E-state index contributed by atoms with van der Waals surface area (Å²) in [5, 5.41) is 4.19. The van der Waals surface area contributed by atoms with Crippen LogP contribution in [-0.2, 0) is 4.74 Å². The molecule has 0 radical (unpaired) electrons. The minimum atomic E-state index is 0.0567. The second-order valence-corrected chi connectivity index (χ2v) is 4.69. The summed E-state index contributed by atoms with van der Waals surface area (Å²) < 4.78 is 5.83. The van der Waals surface area contributed by atoms with Crippen molar-refractivity contribution in [2.24, 2.45) is 5.73 Å². The fourth-order valence-electron chi connectivity index (χ4n) is 1.55. The van der Waals surface area contributed by atoms with Crippen molar-refractivity contribution in [1.82, 2.24) is 0 Å². The summed E-state index contributed by atoms with van der Waals surface area (Å²) >= 11 is 1.69. The Kier molecular flexibility index (Phi) is 5.91. The molecular weight excluding hydrogens is 206 g/mol. The van der Waals surface area contributed by atoms with Gasteiger partial charge in [0.15, 0.2) is 0 Å². The number of nitrogens with two attached hydrogens (primary N) is 1. The second-order valence-electron chi connectivity index (χ2n) is 3.91. The van der Waals surface area contributed by atoms with Gasteiger partial charge in [-0.15, -0.1) is 0 Å². The summed E-state index contributed by atoms with van der Waals surface area (Å²) in [6.45, 7) is 5.01. The van der Waals surface area contributed by atoms with Crippen molar-refractivity contribution in [3.05, 3.63) is 22.4 Å². The van der Waals surface area contributed by atoms with Gasteiger partial charge in [-0.1, -0.05) is 19.8 Å². The predicted molar refractivity (Wildman–Crippen MR) is 66.2 cm³/mol. The van der Waals surface area contributed by atoms with Crippen LogP contribution in [0.2, 0.25) is 0 Å². The third kappa shape index (κ3) is 4.33. The molecule has 0 aliphatic rings. The fourth-order valence-corrected chi connectivity index (χ4v) is 2.23. The molecule has 0 fully saturated rings. The van der Waals surface area contributed by atoms with Gasteiger partial charge >= 0.3 is 0 Å². The lowest BCUT2D eigenvalue weighted by molar-refractivity contribution is 0.0363. The Morgan fingerprint density at radius 1 is 1.47 bits per heavy atom. The lowest BCUT2D eigenvalue weighted by atomic mass is 10.1. The molecule has 1 heterocycles. The molecular formula is C12H21NOS. The number of ether oxygens (including phenoxy) is 1. The van der Waals surface area contributed by atoms with Gasteiger partial charge in [-0.05, 0) is 35.7 Å². The van der Waals surface area contributed by atoms with Gasteiger partial charge in [-0.2, -0.15) is 11.3 Å². The van der Waals surface area contributed by atoms with Crippen LogP contribution in [0.5, 0.6) is 0 Å². The van der Waals surface area contributed by atoms with Crippen LogP contribution < -0.4 is 5.73 Å². The first-order chi connectivity index (χ1) is 7.25. The predicted octanol–water partition coefficient (Wildman–Crippen LogP) is 3.34. The molecule has 1 aromatic heterocycles. The number of unbranched alkanes of at least 4 members (excludes halogenated alkanes) is 2. The molecule has 0 aromatic carbocycles. The van der Waals surface area contributed by atoms with Crippen molar-refractivity contribution in [3.8, 4) is 0 Å². The molecule has 15 heavy (non-hydrogen) atoms. The third-order valence-electron chi connectivity index (χ3n) is 2.39. The molecule has 0 aliphatic carbocycles. The summed E-state index contributed by atoms with van der Waals surface area (Å²) in [6.07, 6.45) is 3.65. The average Bonchev–Trinajstić information content (AvgIpc) is 2.70. The second kappa shape index (κ2) is 6.99. The lowest BCUT2D eigenvalue weighted by Gasteiger charge is -2.20. The highest BCUT2D eigenvalue weighted by Gasteiger charge is 2.16. The Labute approximate surface area is 96.4 Å². The molecule has 0 bridgehead atoms. The van der Waals surface area contributed by atoms with Gasteiger partial charge in [0, 0.05) is 12.6 Å². The summed E-state index contributed by atoms with van der Waals surface area (Å²) in [5.41, 5.74) is 7.14. The maximum Gasteiger partial charge on any atom is 0.0980 e. The molecule has 0 amide bonds. The first-order valence-electron chi connectivity index (χ1n) is 5.65.